The van der Waals surface area contributed by atoms with Gasteiger partial charge in [-0.15, -0.1) is 0 Å². The lowest BCUT2D eigenvalue weighted by Crippen LogP contribution is -2.18. The first kappa shape index (κ1) is 26.6. The molecule has 2 aromatic rings. The smallest absolute Gasteiger partial charge is 0.169 e. The van der Waals surface area contributed by atoms with Crippen LogP contribution in [0.2, 0.25) is 0 Å². The highest BCUT2D eigenvalue weighted by molar-refractivity contribution is 14.1. The lowest BCUT2D eigenvalue weighted by molar-refractivity contribution is 0.0863. The van der Waals surface area contributed by atoms with E-state index in [1.165, 1.54) is 33.4 Å². The predicted molar refractivity (Wildman–Crippen MR) is 154 cm³/mol. The van der Waals surface area contributed by atoms with Gasteiger partial charge in [-0.25, -0.2) is 0 Å². The van der Waals surface area contributed by atoms with Crippen LogP contribution >= 0.6 is 22.6 Å². The van der Waals surface area contributed by atoms with E-state index in [9.17, 15) is 9.59 Å². The number of rotatable bonds is 0. The fraction of sp³-hybridized carbons (Fsp3) is 0.562. The zero-order valence-corrected chi connectivity index (χ0v) is 25.0. The van der Waals surface area contributed by atoms with E-state index in [0.29, 0.717) is 22.4 Å². The Morgan fingerprint density at radius 3 is 1.69 bits per heavy atom. The highest BCUT2D eigenvalue weighted by Crippen LogP contribution is 2.45. The maximum atomic E-state index is 12.3. The van der Waals surface area contributed by atoms with Crippen LogP contribution in [0.3, 0.4) is 0 Å². The number of ketones is 2. The first-order valence-corrected chi connectivity index (χ1v) is 15.2. The van der Waals surface area contributed by atoms with Gasteiger partial charge in [-0.1, -0.05) is 95.3 Å². The van der Waals surface area contributed by atoms with E-state index in [1.54, 1.807) is 0 Å². The van der Waals surface area contributed by atoms with Crippen LogP contribution in [0.1, 0.15) is 103 Å². The molecule has 0 aromatic heterocycles. The molecule has 0 aliphatic heterocycles. The monoisotopic (exact) mass is 584 g/mol. The van der Waals surface area contributed by atoms with Crippen LogP contribution in [0.25, 0.3) is 0 Å². The van der Waals surface area contributed by atoms with Crippen LogP contribution in [0, 0.1) is 22.2 Å². The molecule has 2 aromatic carbocycles. The molecule has 1 unspecified atom stereocenters. The molecule has 4 aliphatic rings. The van der Waals surface area contributed by atoms with Crippen molar-refractivity contribution in [1.82, 2.24) is 0 Å². The summed E-state index contributed by atoms with van der Waals surface area (Å²) in [6.07, 6.45) is 6.50. The summed E-state index contributed by atoms with van der Waals surface area (Å²) >= 11 is 2.15. The fourth-order valence-electron chi connectivity index (χ4n) is 6.80. The van der Waals surface area contributed by atoms with Crippen molar-refractivity contribution < 1.29 is 9.59 Å². The van der Waals surface area contributed by atoms with Gasteiger partial charge in [0.05, 0.1) is 0 Å². The average Bonchev–Trinajstić information content (AvgIpc) is 3.43. The number of hydrogen-bond acceptors (Lipinski definition) is 2. The summed E-state index contributed by atoms with van der Waals surface area (Å²) in [5, 5.41) is 0. The number of carbonyl (C=O) groups is 2. The molecule has 2 nitrogen and oxygen atoms in total. The summed E-state index contributed by atoms with van der Waals surface area (Å²) in [4.78, 5) is 26.2. The van der Waals surface area contributed by atoms with Gasteiger partial charge in [0, 0.05) is 22.5 Å². The van der Waals surface area contributed by atoms with E-state index in [-0.39, 0.29) is 11.3 Å². The van der Waals surface area contributed by atoms with Gasteiger partial charge in [0.1, 0.15) is 0 Å². The van der Waals surface area contributed by atoms with Gasteiger partial charge < -0.3 is 0 Å². The van der Waals surface area contributed by atoms with Crippen LogP contribution in [0.5, 0.6) is 0 Å². The lowest BCUT2D eigenvalue weighted by atomic mass is 9.87. The van der Waals surface area contributed by atoms with E-state index in [0.717, 1.165) is 49.7 Å². The van der Waals surface area contributed by atoms with Crippen LogP contribution in [0.4, 0.5) is 0 Å². The molecule has 0 heterocycles. The summed E-state index contributed by atoms with van der Waals surface area (Å²) in [5.41, 5.74) is 11.2. The molecule has 6 rings (SSSR count). The van der Waals surface area contributed by atoms with Crippen molar-refractivity contribution >= 4 is 34.2 Å². The molecular formula is C32H41IO2. The summed E-state index contributed by atoms with van der Waals surface area (Å²) in [6, 6.07) is 8.48. The number of hydrogen-bond donors (Lipinski definition) is 0. The Bertz CT molecular complexity index is 1200. The fourth-order valence-corrected chi connectivity index (χ4v) is 6.80. The number of Topliss-reactive ketones (excluding diaryl/α,β-unsaturated/α-hetero) is 2. The quantitative estimate of drug-likeness (QED) is 0.234. The molecule has 35 heavy (non-hydrogen) atoms. The third kappa shape index (κ3) is 4.79. The third-order valence-corrected chi connectivity index (χ3v) is 8.41. The Labute approximate surface area is 225 Å². The minimum absolute atomic E-state index is 0.190. The largest absolute Gasteiger partial charge is 0.294 e. The second-order valence-corrected chi connectivity index (χ2v) is 13.4. The van der Waals surface area contributed by atoms with Crippen molar-refractivity contribution in [2.75, 3.05) is 4.93 Å². The molecule has 4 aliphatic carbocycles. The molecule has 0 amide bonds. The van der Waals surface area contributed by atoms with Crippen molar-refractivity contribution in [1.29, 1.82) is 0 Å². The molecule has 0 N–H and O–H groups in total. The van der Waals surface area contributed by atoms with Crippen LogP contribution in [-0.4, -0.2) is 16.5 Å². The summed E-state index contributed by atoms with van der Waals surface area (Å²) in [6.45, 7) is 15.5. The Kier molecular flexibility index (Phi) is 6.92. The van der Waals surface area contributed by atoms with E-state index >= 15 is 0 Å². The Morgan fingerprint density at radius 1 is 0.657 bits per heavy atom. The summed E-state index contributed by atoms with van der Waals surface area (Å²) < 4.78 is 0. The van der Waals surface area contributed by atoms with Crippen molar-refractivity contribution in [2.24, 2.45) is 22.2 Å². The second kappa shape index (κ2) is 9.11. The van der Waals surface area contributed by atoms with Gasteiger partial charge in [-0.3, -0.25) is 9.59 Å². The van der Waals surface area contributed by atoms with Gasteiger partial charge >= 0.3 is 0 Å². The molecule has 0 saturated heterocycles. The second-order valence-electron chi connectivity index (χ2n) is 13.4. The molecular weight excluding hydrogens is 543 g/mol. The van der Waals surface area contributed by atoms with Crippen molar-refractivity contribution in [3.8, 4) is 0 Å². The number of benzene rings is 2. The van der Waals surface area contributed by atoms with Gasteiger partial charge in [0.15, 0.2) is 11.6 Å². The molecule has 3 heteroatoms. The van der Waals surface area contributed by atoms with E-state index in [4.69, 9.17) is 0 Å². The van der Waals surface area contributed by atoms with Crippen molar-refractivity contribution in [2.45, 2.75) is 87.0 Å². The Balaban J connectivity index is 0.000000155. The Morgan fingerprint density at radius 2 is 1.14 bits per heavy atom. The number of alkyl halides is 1. The molecule has 0 radical (unpaired) electrons. The van der Waals surface area contributed by atoms with E-state index < -0.39 is 0 Å². The third-order valence-electron chi connectivity index (χ3n) is 8.41. The summed E-state index contributed by atoms with van der Waals surface area (Å²) in [7, 11) is 0. The van der Waals surface area contributed by atoms with Crippen LogP contribution < -0.4 is 0 Å². The zero-order chi connectivity index (χ0) is 25.9. The Hall–Kier alpha value is -1.49. The SMILES string of the molecule is CC1(C)Cc2ccc3c(c2C1)CC(C)(C)C3=O.CC1Cc2c(ccc3c2CC(C)(C)C3)C1=O.CI. The predicted octanol–water partition coefficient (Wildman–Crippen LogP) is 7.81. The highest BCUT2D eigenvalue weighted by Gasteiger charge is 2.41. The van der Waals surface area contributed by atoms with Gasteiger partial charge in [0.25, 0.3) is 0 Å². The van der Waals surface area contributed by atoms with E-state index in [2.05, 4.69) is 95.3 Å². The van der Waals surface area contributed by atoms with E-state index in [1.807, 2.05) is 4.93 Å². The maximum absolute atomic E-state index is 12.3. The minimum atomic E-state index is -0.190. The van der Waals surface area contributed by atoms with Crippen LogP contribution in [0.15, 0.2) is 24.3 Å². The molecule has 0 spiro atoms. The van der Waals surface area contributed by atoms with Gasteiger partial charge in [-0.05, 0) is 87.7 Å². The molecule has 188 valence electrons. The molecule has 0 fully saturated rings. The molecule has 0 bridgehead atoms. The normalized spacial score (nSPS) is 23.4. The molecule has 0 saturated carbocycles. The first-order chi connectivity index (χ1) is 16.3. The lowest BCUT2D eigenvalue weighted by Gasteiger charge is -2.16. The number of carbonyl (C=O) groups excluding carboxylic acids is 2. The number of fused-ring (bicyclic) bond motifs is 6. The highest BCUT2D eigenvalue weighted by atomic mass is 127. The maximum Gasteiger partial charge on any atom is 0.169 e. The topological polar surface area (TPSA) is 34.1 Å². The standard InChI is InChI=1S/C16H20O.C15H18O.CH3I/c1-15(2)7-10-5-6-11-13(12(10)8-15)9-16(3,4)14(11)17;1-9-6-12-11(14(9)16)5-4-10-7-15(2,3)8-13(10)12;1-2/h5-6H,7-9H2,1-4H3;4-5,9H,6-8H2,1-3H3;1H3. The van der Waals surface area contributed by atoms with Gasteiger partial charge in [-0.2, -0.15) is 0 Å². The average molecular weight is 585 g/mol. The first-order valence-electron chi connectivity index (χ1n) is 13.0. The summed E-state index contributed by atoms with van der Waals surface area (Å²) in [5.74, 6) is 0.882. The van der Waals surface area contributed by atoms with Gasteiger partial charge in [0.2, 0.25) is 0 Å². The van der Waals surface area contributed by atoms with Crippen molar-refractivity contribution in [3.63, 3.8) is 0 Å². The van der Waals surface area contributed by atoms with Crippen molar-refractivity contribution in [3.05, 3.63) is 68.8 Å². The zero-order valence-electron chi connectivity index (χ0n) is 22.8. The number of halogens is 1. The molecule has 1 atom stereocenters. The minimum Gasteiger partial charge on any atom is -0.294 e. The van der Waals surface area contributed by atoms with Crippen LogP contribution in [-0.2, 0) is 38.5 Å².